The summed E-state index contributed by atoms with van der Waals surface area (Å²) < 4.78 is 20.9. The molecule has 15 heavy (non-hydrogen) atoms. The van der Waals surface area contributed by atoms with E-state index in [1.54, 1.807) is 0 Å². The highest BCUT2D eigenvalue weighted by Crippen LogP contribution is 2.42. The maximum atomic E-state index is 11.3. The molecule has 0 bridgehead atoms. The summed E-state index contributed by atoms with van der Waals surface area (Å²) in [5.74, 6) is 0.377. The van der Waals surface area contributed by atoms with Crippen LogP contribution in [0.4, 0.5) is 0 Å². The molecule has 0 rings (SSSR count). The van der Waals surface area contributed by atoms with Crippen LogP contribution in [-0.4, -0.2) is 25.0 Å². The molecular formula is C10H23O4P. The van der Waals surface area contributed by atoms with E-state index in [0.29, 0.717) is 12.5 Å². The highest BCUT2D eigenvalue weighted by atomic mass is 31.2. The number of hydrogen-bond acceptors (Lipinski definition) is 3. The zero-order chi connectivity index (χ0) is 11.7. The van der Waals surface area contributed by atoms with E-state index < -0.39 is 7.60 Å². The van der Waals surface area contributed by atoms with Crippen molar-refractivity contribution in [3.63, 3.8) is 0 Å². The predicted octanol–water partition coefficient (Wildman–Crippen LogP) is 3.01. The van der Waals surface area contributed by atoms with Crippen LogP contribution in [0.25, 0.3) is 0 Å². The second-order valence-electron chi connectivity index (χ2n) is 3.77. The molecule has 2 unspecified atom stereocenters. The van der Waals surface area contributed by atoms with Crippen LogP contribution in [0.3, 0.4) is 0 Å². The first-order chi connectivity index (χ1) is 7.05. The van der Waals surface area contributed by atoms with Crippen molar-refractivity contribution >= 4 is 7.60 Å². The summed E-state index contributed by atoms with van der Waals surface area (Å²) in [6, 6.07) is 0. The number of rotatable bonds is 9. The molecule has 0 heterocycles. The average molecular weight is 238 g/mol. The molecule has 0 aromatic carbocycles. The normalized spacial score (nSPS) is 17.3. The van der Waals surface area contributed by atoms with Crippen LogP contribution in [0.1, 0.15) is 39.5 Å². The summed E-state index contributed by atoms with van der Waals surface area (Å²) in [6.45, 7) is 4.56. The highest BCUT2D eigenvalue weighted by Gasteiger charge is 2.20. The third kappa shape index (κ3) is 7.97. The van der Waals surface area contributed by atoms with Gasteiger partial charge in [0, 0.05) is 7.11 Å². The number of methoxy groups -OCH3 is 1. The molecule has 5 heteroatoms. The zero-order valence-corrected chi connectivity index (χ0v) is 10.8. The lowest BCUT2D eigenvalue weighted by Gasteiger charge is -2.17. The summed E-state index contributed by atoms with van der Waals surface area (Å²) in [4.78, 5) is 9.29. The Morgan fingerprint density at radius 2 is 2.07 bits per heavy atom. The van der Waals surface area contributed by atoms with Crippen molar-refractivity contribution < 1.29 is 18.7 Å². The van der Waals surface area contributed by atoms with E-state index in [4.69, 9.17) is 4.52 Å². The fourth-order valence-electron chi connectivity index (χ4n) is 1.32. The van der Waals surface area contributed by atoms with E-state index in [1.807, 2.05) is 0 Å². The van der Waals surface area contributed by atoms with Gasteiger partial charge < -0.3 is 14.2 Å². The van der Waals surface area contributed by atoms with E-state index in [2.05, 4.69) is 18.6 Å². The van der Waals surface area contributed by atoms with Crippen molar-refractivity contribution in [3.05, 3.63) is 0 Å². The number of unbranched alkanes of at least 4 members (excludes halogenated alkanes) is 1. The number of hydrogen-bond donors (Lipinski definition) is 1. The van der Waals surface area contributed by atoms with Gasteiger partial charge in [0.2, 0.25) is 0 Å². The molecule has 0 aromatic rings. The Morgan fingerprint density at radius 3 is 2.53 bits per heavy atom. The van der Waals surface area contributed by atoms with Crippen molar-refractivity contribution in [1.29, 1.82) is 0 Å². The highest BCUT2D eigenvalue weighted by molar-refractivity contribution is 7.52. The molecule has 0 aliphatic carbocycles. The topological polar surface area (TPSA) is 55.8 Å². The Morgan fingerprint density at radius 1 is 1.40 bits per heavy atom. The number of ether oxygens (including phenoxy) is 1. The molecule has 0 fully saturated rings. The molecule has 92 valence electrons. The lowest BCUT2D eigenvalue weighted by Crippen LogP contribution is -2.09. The first-order valence-corrected chi connectivity index (χ1v) is 7.27. The molecule has 0 saturated carbocycles. The van der Waals surface area contributed by atoms with Gasteiger partial charge in [-0.2, -0.15) is 0 Å². The first-order valence-electron chi connectivity index (χ1n) is 5.51. The SMILES string of the molecule is CCCCC(CC)COP(=O)(O)COC. The van der Waals surface area contributed by atoms with Crippen molar-refractivity contribution in [1.82, 2.24) is 0 Å². The Bertz CT molecular complexity index is 196. The lowest BCUT2D eigenvalue weighted by atomic mass is 10.0. The average Bonchev–Trinajstić information content (AvgIpc) is 2.18. The Labute approximate surface area is 92.5 Å². The van der Waals surface area contributed by atoms with Crippen molar-refractivity contribution in [2.24, 2.45) is 5.92 Å². The van der Waals surface area contributed by atoms with Crippen LogP contribution >= 0.6 is 7.60 Å². The molecule has 0 saturated heterocycles. The van der Waals surface area contributed by atoms with E-state index >= 15 is 0 Å². The second-order valence-corrected chi connectivity index (χ2v) is 5.56. The van der Waals surface area contributed by atoms with Gasteiger partial charge in [-0.3, -0.25) is 4.57 Å². The van der Waals surface area contributed by atoms with Crippen molar-refractivity contribution in [3.8, 4) is 0 Å². The minimum atomic E-state index is -3.51. The van der Waals surface area contributed by atoms with Gasteiger partial charge in [0.15, 0.2) is 0 Å². The first kappa shape index (κ1) is 15.1. The molecular weight excluding hydrogens is 215 g/mol. The molecule has 0 aromatic heterocycles. The van der Waals surface area contributed by atoms with Crippen LogP contribution in [-0.2, 0) is 13.8 Å². The van der Waals surface area contributed by atoms with Gasteiger partial charge in [-0.05, 0) is 12.3 Å². The minimum absolute atomic E-state index is 0.225. The molecule has 1 N–H and O–H groups in total. The molecule has 0 amide bonds. The lowest BCUT2D eigenvalue weighted by molar-refractivity contribution is 0.166. The minimum Gasteiger partial charge on any atom is -0.372 e. The van der Waals surface area contributed by atoms with E-state index in [-0.39, 0.29) is 6.35 Å². The smallest absolute Gasteiger partial charge is 0.353 e. The van der Waals surface area contributed by atoms with E-state index in [0.717, 1.165) is 25.7 Å². The molecule has 4 nitrogen and oxygen atoms in total. The van der Waals surface area contributed by atoms with Crippen LogP contribution in [0, 0.1) is 5.92 Å². The maximum Gasteiger partial charge on any atom is 0.353 e. The van der Waals surface area contributed by atoms with Crippen LogP contribution in [0.15, 0.2) is 0 Å². The van der Waals surface area contributed by atoms with Gasteiger partial charge in [0.05, 0.1) is 6.61 Å². The van der Waals surface area contributed by atoms with Gasteiger partial charge in [-0.15, -0.1) is 0 Å². The van der Waals surface area contributed by atoms with Gasteiger partial charge in [0.1, 0.15) is 6.35 Å². The maximum absolute atomic E-state index is 11.3. The third-order valence-corrected chi connectivity index (χ3v) is 3.48. The van der Waals surface area contributed by atoms with Gasteiger partial charge >= 0.3 is 7.60 Å². The van der Waals surface area contributed by atoms with E-state index in [9.17, 15) is 9.46 Å². The second kappa shape index (κ2) is 8.28. The molecule has 0 aliphatic rings. The van der Waals surface area contributed by atoms with Crippen LogP contribution < -0.4 is 0 Å². The van der Waals surface area contributed by atoms with Gasteiger partial charge in [-0.25, -0.2) is 0 Å². The van der Waals surface area contributed by atoms with Gasteiger partial charge in [-0.1, -0.05) is 33.1 Å². The molecule has 0 aliphatic heterocycles. The summed E-state index contributed by atoms with van der Waals surface area (Å²) in [7, 11) is -2.12. The Kier molecular flexibility index (Phi) is 8.34. The largest absolute Gasteiger partial charge is 0.372 e. The molecule has 2 atom stereocenters. The summed E-state index contributed by atoms with van der Waals surface area (Å²) in [5, 5.41) is 0. The monoisotopic (exact) mass is 238 g/mol. The predicted molar refractivity (Wildman–Crippen MR) is 61.0 cm³/mol. The van der Waals surface area contributed by atoms with Gasteiger partial charge in [0.25, 0.3) is 0 Å². The van der Waals surface area contributed by atoms with Crippen LogP contribution in [0.2, 0.25) is 0 Å². The Balaban J connectivity index is 3.83. The standard InChI is InChI=1S/C10H23O4P/c1-4-6-7-10(5-2)8-14-15(11,12)9-13-3/h10H,4-9H2,1-3H3,(H,11,12). The molecule has 0 radical (unpaired) electrons. The van der Waals surface area contributed by atoms with E-state index in [1.165, 1.54) is 7.11 Å². The summed E-state index contributed by atoms with van der Waals surface area (Å²) in [6.07, 6.45) is 4.09. The van der Waals surface area contributed by atoms with Crippen molar-refractivity contribution in [2.75, 3.05) is 20.1 Å². The van der Waals surface area contributed by atoms with Crippen molar-refractivity contribution in [2.45, 2.75) is 39.5 Å². The quantitative estimate of drug-likeness (QED) is 0.627. The third-order valence-electron chi connectivity index (χ3n) is 2.35. The Hall–Kier alpha value is 0.110. The molecule has 0 spiro atoms. The van der Waals surface area contributed by atoms with Crippen LogP contribution in [0.5, 0.6) is 0 Å². The summed E-state index contributed by atoms with van der Waals surface area (Å²) >= 11 is 0. The fraction of sp³-hybridized carbons (Fsp3) is 1.00. The summed E-state index contributed by atoms with van der Waals surface area (Å²) in [5.41, 5.74) is 0. The zero-order valence-electron chi connectivity index (χ0n) is 9.94. The fourth-order valence-corrected chi connectivity index (χ4v) is 2.16.